The van der Waals surface area contributed by atoms with Gasteiger partial charge in [-0.15, -0.1) is 10.2 Å². The Morgan fingerprint density at radius 2 is 0.909 bits per heavy atom. The summed E-state index contributed by atoms with van der Waals surface area (Å²) in [5, 5.41) is 14.2. The zero-order valence-electron chi connectivity index (χ0n) is 36.5. The van der Waals surface area contributed by atoms with Crippen LogP contribution in [0.5, 0.6) is 0 Å². The summed E-state index contributed by atoms with van der Waals surface area (Å²) in [6.07, 6.45) is 6.06. The minimum Gasteiger partial charge on any atom is -0.379 e. The van der Waals surface area contributed by atoms with E-state index in [1.807, 2.05) is 70.9 Å². The molecule has 0 saturated carbocycles. The fourth-order valence-electron chi connectivity index (χ4n) is 8.43. The SMILES string of the molecule is CS(=O)(=O)c1ccc(-c2cccn3nc(N(c4cccc(CN5CCOCC5)c4)N(c4cccc(CN5CCOCC5)c4)c4nc5c(-c6ccc(S(C)(=O)=O)cc6)cccn5n4)nc23)cc1. The van der Waals surface area contributed by atoms with Crippen LogP contribution in [0.4, 0.5) is 23.3 Å². The second-order valence-electron chi connectivity index (χ2n) is 16.5. The summed E-state index contributed by atoms with van der Waals surface area (Å²) in [5.74, 6) is 0.653. The van der Waals surface area contributed by atoms with Crippen LogP contribution in [0, 0.1) is 0 Å². The molecule has 4 aromatic carbocycles. The first-order valence-electron chi connectivity index (χ1n) is 21.6. The van der Waals surface area contributed by atoms with Crippen LogP contribution in [0.2, 0.25) is 0 Å². The highest BCUT2D eigenvalue weighted by atomic mass is 32.2. The van der Waals surface area contributed by atoms with E-state index in [0.29, 0.717) is 62.7 Å². The Morgan fingerprint density at radius 1 is 0.515 bits per heavy atom. The number of nitrogens with zero attached hydrogens (tertiary/aromatic N) is 10. The van der Waals surface area contributed by atoms with Crippen molar-refractivity contribution in [2.24, 2.45) is 0 Å². The molecule has 338 valence electrons. The monoisotopic (exact) mass is 924 g/mol. The highest BCUT2D eigenvalue weighted by molar-refractivity contribution is 7.91. The van der Waals surface area contributed by atoms with Gasteiger partial charge in [0.05, 0.1) is 47.6 Å². The van der Waals surface area contributed by atoms with E-state index in [9.17, 15) is 16.8 Å². The van der Waals surface area contributed by atoms with E-state index in [4.69, 9.17) is 29.6 Å². The molecule has 0 atom stereocenters. The van der Waals surface area contributed by atoms with Gasteiger partial charge in [-0.25, -0.2) is 35.9 Å². The Morgan fingerprint density at radius 3 is 1.29 bits per heavy atom. The predicted octanol–water partition coefficient (Wildman–Crippen LogP) is 6.47. The molecule has 0 spiro atoms. The molecule has 2 aliphatic rings. The van der Waals surface area contributed by atoms with Crippen LogP contribution in [0.3, 0.4) is 0 Å². The topological polar surface area (TPSA) is 160 Å². The molecule has 0 bridgehead atoms. The van der Waals surface area contributed by atoms with E-state index in [1.54, 1.807) is 57.6 Å². The van der Waals surface area contributed by atoms with Crippen molar-refractivity contribution in [3.05, 3.63) is 145 Å². The summed E-state index contributed by atoms with van der Waals surface area (Å²) in [6, 6.07) is 37.8. The Balaban J connectivity index is 1.16. The van der Waals surface area contributed by atoms with E-state index in [-0.39, 0.29) is 9.79 Å². The quantitative estimate of drug-likeness (QED) is 0.116. The van der Waals surface area contributed by atoms with E-state index >= 15 is 0 Å². The molecule has 0 amide bonds. The minimum atomic E-state index is -3.40. The van der Waals surface area contributed by atoms with Crippen molar-refractivity contribution in [1.82, 2.24) is 39.0 Å². The Kier molecular flexibility index (Phi) is 11.8. The van der Waals surface area contributed by atoms with Crippen LogP contribution < -0.4 is 10.0 Å². The lowest BCUT2D eigenvalue weighted by atomic mass is 10.1. The first-order valence-corrected chi connectivity index (χ1v) is 25.4. The number of rotatable bonds is 13. The lowest BCUT2D eigenvalue weighted by Gasteiger charge is -2.34. The first kappa shape index (κ1) is 43.4. The number of fused-ring (bicyclic) bond motifs is 2. The maximum atomic E-state index is 12.4. The summed E-state index contributed by atoms with van der Waals surface area (Å²) < 4.78 is 64.3. The molecule has 18 heteroatoms. The van der Waals surface area contributed by atoms with Crippen LogP contribution in [0.25, 0.3) is 33.5 Å². The fourth-order valence-corrected chi connectivity index (χ4v) is 9.69. The molecular formula is C48H48N10O6S2. The van der Waals surface area contributed by atoms with Crippen molar-refractivity contribution < 1.29 is 26.3 Å². The fraction of sp³-hybridized carbons (Fsp3) is 0.250. The molecule has 2 fully saturated rings. The minimum absolute atomic E-state index is 0.226. The largest absolute Gasteiger partial charge is 0.379 e. The number of ether oxygens (including phenoxy) is 2. The molecule has 6 heterocycles. The zero-order chi connectivity index (χ0) is 45.4. The lowest BCUT2D eigenvalue weighted by Crippen LogP contribution is -2.38. The van der Waals surface area contributed by atoms with Crippen molar-refractivity contribution in [2.75, 3.05) is 75.1 Å². The molecule has 0 unspecified atom stereocenters. The molecule has 0 N–H and O–H groups in total. The summed E-state index contributed by atoms with van der Waals surface area (Å²) in [5.41, 5.74) is 7.85. The number of sulfone groups is 2. The molecule has 0 aliphatic carbocycles. The van der Waals surface area contributed by atoms with Gasteiger partial charge in [0, 0.05) is 75.3 Å². The van der Waals surface area contributed by atoms with Gasteiger partial charge in [0.25, 0.3) is 11.9 Å². The average Bonchev–Trinajstić information content (AvgIpc) is 3.96. The molecule has 2 saturated heterocycles. The van der Waals surface area contributed by atoms with Gasteiger partial charge < -0.3 is 9.47 Å². The van der Waals surface area contributed by atoms with Crippen LogP contribution in [0.15, 0.2) is 144 Å². The summed E-state index contributed by atoms with van der Waals surface area (Å²) in [6.45, 7) is 7.40. The molecule has 8 aromatic rings. The number of aromatic nitrogens is 6. The second kappa shape index (κ2) is 18.0. The first-order chi connectivity index (χ1) is 31.9. The van der Waals surface area contributed by atoms with Crippen LogP contribution >= 0.6 is 0 Å². The summed E-state index contributed by atoms with van der Waals surface area (Å²) >= 11 is 0. The Bertz CT molecular complexity index is 3040. The third-order valence-corrected chi connectivity index (χ3v) is 14.1. The van der Waals surface area contributed by atoms with E-state index in [1.165, 1.54) is 12.5 Å². The highest BCUT2D eigenvalue weighted by Crippen LogP contribution is 2.37. The lowest BCUT2D eigenvalue weighted by molar-refractivity contribution is 0.0341. The van der Waals surface area contributed by atoms with Crippen molar-refractivity contribution in [3.8, 4) is 22.3 Å². The predicted molar refractivity (Wildman–Crippen MR) is 252 cm³/mol. The van der Waals surface area contributed by atoms with Gasteiger partial charge >= 0.3 is 0 Å². The van der Waals surface area contributed by atoms with Crippen molar-refractivity contribution in [2.45, 2.75) is 22.9 Å². The van der Waals surface area contributed by atoms with E-state index in [0.717, 1.165) is 70.9 Å². The second-order valence-corrected chi connectivity index (χ2v) is 20.6. The van der Waals surface area contributed by atoms with Gasteiger partial charge in [0.15, 0.2) is 31.0 Å². The number of benzene rings is 4. The molecular weight excluding hydrogens is 877 g/mol. The number of hydrazine groups is 1. The van der Waals surface area contributed by atoms with Gasteiger partial charge in [-0.3, -0.25) is 9.80 Å². The normalized spacial score (nSPS) is 15.4. The molecule has 16 nitrogen and oxygen atoms in total. The molecule has 66 heavy (non-hydrogen) atoms. The van der Waals surface area contributed by atoms with Crippen LogP contribution in [-0.2, 0) is 42.2 Å². The average molecular weight is 925 g/mol. The van der Waals surface area contributed by atoms with Crippen LogP contribution in [-0.4, -0.2) is 121 Å². The maximum Gasteiger partial charge on any atom is 0.269 e. The third-order valence-electron chi connectivity index (χ3n) is 11.8. The number of hydrogen-bond acceptors (Lipinski definition) is 14. The number of morpholine rings is 2. The van der Waals surface area contributed by atoms with Crippen LogP contribution in [0.1, 0.15) is 11.1 Å². The van der Waals surface area contributed by atoms with Gasteiger partial charge in [-0.05, 0) is 95.1 Å². The van der Waals surface area contributed by atoms with Gasteiger partial charge in [-0.2, -0.15) is 9.97 Å². The third kappa shape index (κ3) is 9.15. The van der Waals surface area contributed by atoms with Crippen molar-refractivity contribution in [3.63, 3.8) is 0 Å². The Labute approximate surface area is 383 Å². The summed E-state index contributed by atoms with van der Waals surface area (Å²) in [4.78, 5) is 15.7. The Hall–Kier alpha value is -6.54. The number of hydrogen-bond donors (Lipinski definition) is 0. The van der Waals surface area contributed by atoms with Crippen molar-refractivity contribution >= 4 is 54.2 Å². The smallest absolute Gasteiger partial charge is 0.269 e. The van der Waals surface area contributed by atoms with Gasteiger partial charge in [0.1, 0.15) is 0 Å². The molecule has 2 aliphatic heterocycles. The summed E-state index contributed by atoms with van der Waals surface area (Å²) in [7, 11) is -6.81. The number of pyridine rings is 2. The maximum absolute atomic E-state index is 12.4. The van der Waals surface area contributed by atoms with Crippen molar-refractivity contribution in [1.29, 1.82) is 0 Å². The number of anilines is 4. The molecule has 0 radical (unpaired) electrons. The standard InChI is InChI=1S/C48H48N10O6S2/c1-65(59,60)41-17-13-37(14-18-41)43-11-5-21-55-45(43)49-47(51-55)57(39-9-3-7-35(31-39)33-53-23-27-63-28-24-53)58(40-10-4-8-36(32-40)34-54-25-29-64-30-26-54)48-50-46-44(12-6-22-56(46)52-48)38-15-19-42(20-16-38)66(2,61)62/h3-22,31-32H,23-30,33-34H2,1-2H3. The van der Waals surface area contributed by atoms with Gasteiger partial charge in [-0.1, -0.05) is 48.5 Å². The molecule has 10 rings (SSSR count). The van der Waals surface area contributed by atoms with E-state index < -0.39 is 19.7 Å². The van der Waals surface area contributed by atoms with Gasteiger partial charge in [0.2, 0.25) is 0 Å². The molecule has 4 aromatic heterocycles. The van der Waals surface area contributed by atoms with E-state index in [2.05, 4.69) is 34.1 Å². The zero-order valence-corrected chi connectivity index (χ0v) is 38.1. The highest BCUT2D eigenvalue weighted by Gasteiger charge is 2.30.